The molecule has 0 aliphatic rings. The SMILES string of the molecule is Cc1cc(-c2nc(C(F)(F)F)nn2C)ccc1O. The van der Waals surface area contributed by atoms with Gasteiger partial charge in [-0.15, -0.1) is 5.10 Å². The van der Waals surface area contributed by atoms with Crippen molar-refractivity contribution in [1.29, 1.82) is 0 Å². The summed E-state index contributed by atoms with van der Waals surface area (Å²) in [5, 5.41) is 12.7. The van der Waals surface area contributed by atoms with Gasteiger partial charge in [-0.1, -0.05) is 0 Å². The van der Waals surface area contributed by atoms with Gasteiger partial charge in [0.1, 0.15) is 5.75 Å². The summed E-state index contributed by atoms with van der Waals surface area (Å²) in [5.41, 5.74) is 1.03. The Morgan fingerprint density at radius 2 is 1.94 bits per heavy atom. The molecule has 0 saturated heterocycles. The highest BCUT2D eigenvalue weighted by Crippen LogP contribution is 2.29. The fraction of sp³-hybridized carbons (Fsp3) is 0.273. The number of nitrogens with zero attached hydrogens (tertiary/aromatic N) is 3. The van der Waals surface area contributed by atoms with Crippen molar-refractivity contribution < 1.29 is 18.3 Å². The van der Waals surface area contributed by atoms with E-state index in [2.05, 4.69) is 10.1 Å². The minimum Gasteiger partial charge on any atom is -0.508 e. The minimum absolute atomic E-state index is 0.0805. The molecule has 0 spiro atoms. The molecular formula is C11H10F3N3O. The highest BCUT2D eigenvalue weighted by Gasteiger charge is 2.36. The molecule has 2 aromatic rings. The summed E-state index contributed by atoms with van der Waals surface area (Å²) in [6.45, 7) is 1.65. The molecule has 4 nitrogen and oxygen atoms in total. The average Bonchev–Trinajstić information content (AvgIpc) is 2.64. The van der Waals surface area contributed by atoms with E-state index in [1.165, 1.54) is 19.2 Å². The number of rotatable bonds is 1. The van der Waals surface area contributed by atoms with Gasteiger partial charge < -0.3 is 5.11 Å². The van der Waals surface area contributed by atoms with Gasteiger partial charge in [0.2, 0.25) is 0 Å². The van der Waals surface area contributed by atoms with Gasteiger partial charge >= 0.3 is 6.18 Å². The van der Waals surface area contributed by atoms with Gasteiger partial charge in [-0.2, -0.15) is 13.2 Å². The Morgan fingerprint density at radius 1 is 1.28 bits per heavy atom. The van der Waals surface area contributed by atoms with E-state index in [-0.39, 0.29) is 11.6 Å². The Balaban J connectivity index is 2.51. The lowest BCUT2D eigenvalue weighted by Gasteiger charge is -2.03. The molecule has 0 atom stereocenters. The first-order valence-electron chi connectivity index (χ1n) is 5.07. The van der Waals surface area contributed by atoms with E-state index in [9.17, 15) is 18.3 Å². The number of aromatic hydroxyl groups is 1. The smallest absolute Gasteiger partial charge is 0.453 e. The third-order valence-electron chi connectivity index (χ3n) is 2.47. The second-order valence-corrected chi connectivity index (χ2v) is 3.88. The van der Waals surface area contributed by atoms with Crippen LogP contribution in [0.3, 0.4) is 0 Å². The molecule has 0 aliphatic carbocycles. The van der Waals surface area contributed by atoms with Crippen LogP contribution in [0, 0.1) is 6.92 Å². The van der Waals surface area contributed by atoms with E-state index < -0.39 is 12.0 Å². The zero-order chi connectivity index (χ0) is 13.5. The van der Waals surface area contributed by atoms with Crippen LogP contribution in [0.15, 0.2) is 18.2 Å². The lowest BCUT2D eigenvalue weighted by molar-refractivity contribution is -0.144. The number of hydrogen-bond donors (Lipinski definition) is 1. The summed E-state index contributed by atoms with van der Waals surface area (Å²) in [4.78, 5) is 3.47. The fourth-order valence-corrected chi connectivity index (χ4v) is 1.55. The lowest BCUT2D eigenvalue weighted by atomic mass is 10.1. The van der Waals surface area contributed by atoms with Crippen LogP contribution in [0.4, 0.5) is 13.2 Å². The van der Waals surface area contributed by atoms with Crippen molar-refractivity contribution in [2.24, 2.45) is 7.05 Å². The standard InChI is InChI=1S/C11H10F3N3O/c1-6-5-7(3-4-8(6)18)9-15-10(11(12,13)14)16-17(9)2/h3-5,18H,1-2H3. The summed E-state index contributed by atoms with van der Waals surface area (Å²) >= 11 is 0. The van der Waals surface area contributed by atoms with Crippen molar-refractivity contribution in [2.75, 3.05) is 0 Å². The molecule has 7 heteroatoms. The topological polar surface area (TPSA) is 50.9 Å². The molecule has 1 aromatic heterocycles. The van der Waals surface area contributed by atoms with E-state index >= 15 is 0 Å². The number of halogens is 3. The molecule has 2 rings (SSSR count). The molecule has 0 fully saturated rings. The van der Waals surface area contributed by atoms with E-state index in [0.717, 1.165) is 4.68 Å². The third-order valence-corrected chi connectivity index (χ3v) is 2.47. The predicted octanol–water partition coefficient (Wildman–Crippen LogP) is 2.51. The van der Waals surface area contributed by atoms with Crippen LogP contribution < -0.4 is 0 Å². The van der Waals surface area contributed by atoms with Crippen molar-refractivity contribution in [2.45, 2.75) is 13.1 Å². The molecule has 0 bridgehead atoms. The van der Waals surface area contributed by atoms with Crippen molar-refractivity contribution in [1.82, 2.24) is 14.8 Å². The Bertz CT molecular complexity index is 590. The van der Waals surface area contributed by atoms with Gasteiger partial charge in [-0.3, -0.25) is 0 Å². The summed E-state index contributed by atoms with van der Waals surface area (Å²) in [5.74, 6) is -0.992. The second kappa shape index (κ2) is 4.01. The zero-order valence-corrected chi connectivity index (χ0v) is 9.65. The Kier molecular flexibility index (Phi) is 2.76. The summed E-state index contributed by atoms with van der Waals surface area (Å²) in [6.07, 6.45) is -4.57. The van der Waals surface area contributed by atoms with Crippen LogP contribution in [0.1, 0.15) is 11.4 Å². The maximum absolute atomic E-state index is 12.5. The first-order chi connectivity index (χ1) is 8.29. The van der Waals surface area contributed by atoms with E-state index in [4.69, 9.17) is 0 Å². The van der Waals surface area contributed by atoms with Gasteiger partial charge in [0.15, 0.2) is 5.82 Å². The molecule has 1 aromatic carbocycles. The van der Waals surface area contributed by atoms with Crippen LogP contribution in [0.2, 0.25) is 0 Å². The van der Waals surface area contributed by atoms with Crippen molar-refractivity contribution >= 4 is 0 Å². The molecule has 96 valence electrons. The van der Waals surface area contributed by atoms with E-state index in [1.807, 2.05) is 0 Å². The van der Waals surface area contributed by atoms with Gasteiger partial charge in [-0.25, -0.2) is 9.67 Å². The van der Waals surface area contributed by atoms with Crippen molar-refractivity contribution in [3.63, 3.8) is 0 Å². The van der Waals surface area contributed by atoms with Gasteiger partial charge in [-0.05, 0) is 30.7 Å². The summed E-state index contributed by atoms with van der Waals surface area (Å²) in [6, 6.07) is 4.46. The molecule has 1 N–H and O–H groups in total. The molecular weight excluding hydrogens is 247 g/mol. The molecule has 0 radical (unpaired) electrons. The third kappa shape index (κ3) is 2.15. The molecule has 1 heterocycles. The van der Waals surface area contributed by atoms with Gasteiger partial charge in [0.05, 0.1) is 0 Å². The first kappa shape index (κ1) is 12.4. The Labute approximate surface area is 101 Å². The normalized spacial score (nSPS) is 11.8. The first-order valence-corrected chi connectivity index (χ1v) is 5.07. The monoisotopic (exact) mass is 257 g/mol. The van der Waals surface area contributed by atoms with Crippen LogP contribution in [-0.2, 0) is 13.2 Å². The minimum atomic E-state index is -4.57. The average molecular weight is 257 g/mol. The van der Waals surface area contributed by atoms with E-state index in [0.29, 0.717) is 11.1 Å². The molecule has 18 heavy (non-hydrogen) atoms. The predicted molar refractivity (Wildman–Crippen MR) is 57.8 cm³/mol. The fourth-order valence-electron chi connectivity index (χ4n) is 1.55. The van der Waals surface area contributed by atoms with Gasteiger partial charge in [0, 0.05) is 12.6 Å². The highest BCUT2D eigenvalue weighted by atomic mass is 19.4. The van der Waals surface area contributed by atoms with Crippen molar-refractivity contribution in [3.05, 3.63) is 29.6 Å². The number of phenolic OH excluding ortho intramolecular Hbond substituents is 1. The Morgan fingerprint density at radius 3 is 2.44 bits per heavy atom. The van der Waals surface area contributed by atoms with Crippen LogP contribution >= 0.6 is 0 Å². The quantitative estimate of drug-likeness (QED) is 0.854. The maximum atomic E-state index is 12.5. The molecule has 0 saturated carbocycles. The largest absolute Gasteiger partial charge is 0.508 e. The molecule has 0 amide bonds. The molecule has 0 unspecified atom stereocenters. The van der Waals surface area contributed by atoms with Gasteiger partial charge in [0.25, 0.3) is 5.82 Å². The number of aromatic nitrogens is 3. The van der Waals surface area contributed by atoms with Crippen LogP contribution in [-0.4, -0.2) is 19.9 Å². The van der Waals surface area contributed by atoms with Crippen molar-refractivity contribution in [3.8, 4) is 17.1 Å². The van der Waals surface area contributed by atoms with Crippen LogP contribution in [0.25, 0.3) is 11.4 Å². The number of benzene rings is 1. The Hall–Kier alpha value is -2.05. The number of alkyl halides is 3. The van der Waals surface area contributed by atoms with E-state index in [1.54, 1.807) is 13.0 Å². The zero-order valence-electron chi connectivity index (χ0n) is 9.65. The number of hydrogen-bond acceptors (Lipinski definition) is 3. The maximum Gasteiger partial charge on any atom is 0.453 e. The summed E-state index contributed by atoms with van der Waals surface area (Å²) in [7, 11) is 1.39. The number of phenols is 1. The number of aryl methyl sites for hydroxylation is 2. The molecule has 0 aliphatic heterocycles. The highest BCUT2D eigenvalue weighted by molar-refractivity contribution is 5.58. The summed E-state index contributed by atoms with van der Waals surface area (Å²) < 4.78 is 38.5. The van der Waals surface area contributed by atoms with Crippen LogP contribution in [0.5, 0.6) is 5.75 Å². The lowest BCUT2D eigenvalue weighted by Crippen LogP contribution is -2.08. The second-order valence-electron chi connectivity index (χ2n) is 3.88.